The molecule has 0 spiro atoms. The van der Waals surface area contributed by atoms with Gasteiger partial charge >= 0.3 is 5.97 Å². The van der Waals surface area contributed by atoms with Crippen LogP contribution in [0, 0.1) is 11.6 Å². The molecule has 1 N–H and O–H groups in total. The second-order valence-corrected chi connectivity index (χ2v) is 7.32. The molecule has 0 aliphatic heterocycles. The minimum absolute atomic E-state index is 0.163. The predicted octanol–water partition coefficient (Wildman–Crippen LogP) is 4.67. The standard InChI is InChI=1S/C22H15F2N3O3S/c23-16-8-4-9-17(24)21(16)25-19(28)13-30-22(29)15-12-27(14-6-2-1-3-7-14)26-20(15)18-10-5-11-31-18/h1-12H,13H2,(H,25,28). The summed E-state index contributed by atoms with van der Waals surface area (Å²) in [6.07, 6.45) is 1.52. The number of nitrogens with zero attached hydrogens (tertiary/aromatic N) is 2. The van der Waals surface area contributed by atoms with E-state index in [0.29, 0.717) is 5.69 Å². The maximum Gasteiger partial charge on any atom is 0.342 e. The van der Waals surface area contributed by atoms with Gasteiger partial charge in [0.05, 0.1) is 10.6 Å². The number of para-hydroxylation sites is 2. The first kappa shape index (κ1) is 20.4. The minimum atomic E-state index is -0.927. The van der Waals surface area contributed by atoms with Gasteiger partial charge in [-0.25, -0.2) is 18.3 Å². The molecule has 156 valence electrons. The topological polar surface area (TPSA) is 73.2 Å². The highest BCUT2D eigenvalue weighted by molar-refractivity contribution is 7.13. The van der Waals surface area contributed by atoms with Gasteiger partial charge in [-0.05, 0) is 35.7 Å². The fraction of sp³-hybridized carbons (Fsp3) is 0.0455. The van der Waals surface area contributed by atoms with Crippen molar-refractivity contribution < 1.29 is 23.1 Å². The molecule has 0 fully saturated rings. The fourth-order valence-electron chi connectivity index (χ4n) is 2.83. The number of hydrogen-bond donors (Lipinski definition) is 1. The van der Waals surface area contributed by atoms with Crippen LogP contribution in [0.25, 0.3) is 16.3 Å². The molecule has 1 amide bonds. The number of benzene rings is 2. The number of aromatic nitrogens is 2. The van der Waals surface area contributed by atoms with E-state index in [2.05, 4.69) is 10.4 Å². The molecule has 6 nitrogen and oxygen atoms in total. The summed E-state index contributed by atoms with van der Waals surface area (Å²) in [4.78, 5) is 25.5. The number of carbonyl (C=O) groups excluding carboxylic acids is 2. The van der Waals surface area contributed by atoms with Crippen LogP contribution in [0.15, 0.2) is 72.2 Å². The molecule has 31 heavy (non-hydrogen) atoms. The van der Waals surface area contributed by atoms with Crippen molar-refractivity contribution in [3.8, 4) is 16.3 Å². The molecule has 2 aromatic carbocycles. The average molecular weight is 439 g/mol. The molecule has 0 radical (unpaired) electrons. The Morgan fingerprint density at radius 1 is 1.00 bits per heavy atom. The van der Waals surface area contributed by atoms with E-state index in [-0.39, 0.29) is 5.56 Å². The summed E-state index contributed by atoms with van der Waals surface area (Å²) >= 11 is 1.40. The van der Waals surface area contributed by atoms with Gasteiger partial charge < -0.3 is 10.1 Å². The van der Waals surface area contributed by atoms with Gasteiger partial charge in [-0.15, -0.1) is 11.3 Å². The van der Waals surface area contributed by atoms with Gasteiger partial charge in [0.25, 0.3) is 5.91 Å². The predicted molar refractivity (Wildman–Crippen MR) is 112 cm³/mol. The number of ether oxygens (including phenoxy) is 1. The van der Waals surface area contributed by atoms with Crippen molar-refractivity contribution in [2.24, 2.45) is 0 Å². The zero-order valence-electron chi connectivity index (χ0n) is 15.9. The van der Waals surface area contributed by atoms with Crippen LogP contribution >= 0.6 is 11.3 Å². The third kappa shape index (κ3) is 4.51. The van der Waals surface area contributed by atoms with Crippen LogP contribution in [0.5, 0.6) is 0 Å². The molecule has 2 aromatic heterocycles. The van der Waals surface area contributed by atoms with Crippen molar-refractivity contribution in [3.63, 3.8) is 0 Å². The normalized spacial score (nSPS) is 10.6. The van der Waals surface area contributed by atoms with Crippen molar-refractivity contribution in [2.75, 3.05) is 11.9 Å². The number of amides is 1. The summed E-state index contributed by atoms with van der Waals surface area (Å²) in [7, 11) is 0. The molecule has 0 saturated carbocycles. The quantitative estimate of drug-likeness (QED) is 0.443. The third-order valence-electron chi connectivity index (χ3n) is 4.27. The first-order chi connectivity index (χ1) is 15.0. The lowest BCUT2D eigenvalue weighted by Crippen LogP contribution is -2.22. The van der Waals surface area contributed by atoms with Crippen LogP contribution in [0.3, 0.4) is 0 Å². The smallest absolute Gasteiger partial charge is 0.342 e. The number of nitrogens with one attached hydrogen (secondary N) is 1. The molecule has 0 unspecified atom stereocenters. The van der Waals surface area contributed by atoms with Gasteiger partial charge in [-0.2, -0.15) is 5.10 Å². The van der Waals surface area contributed by atoms with E-state index in [1.54, 1.807) is 4.68 Å². The Bertz CT molecular complexity index is 1200. The Labute approximate surface area is 179 Å². The van der Waals surface area contributed by atoms with Gasteiger partial charge in [0, 0.05) is 6.20 Å². The monoisotopic (exact) mass is 439 g/mol. The van der Waals surface area contributed by atoms with E-state index in [1.807, 2.05) is 47.8 Å². The lowest BCUT2D eigenvalue weighted by Gasteiger charge is -2.08. The number of hydrogen-bond acceptors (Lipinski definition) is 5. The Morgan fingerprint density at radius 3 is 2.42 bits per heavy atom. The van der Waals surface area contributed by atoms with Crippen molar-refractivity contribution in [2.45, 2.75) is 0 Å². The molecule has 9 heteroatoms. The molecule has 2 heterocycles. The summed E-state index contributed by atoms with van der Waals surface area (Å²) in [6, 6.07) is 16.0. The second-order valence-electron chi connectivity index (χ2n) is 6.37. The molecule has 0 saturated heterocycles. The van der Waals surface area contributed by atoms with Crippen LogP contribution in [-0.4, -0.2) is 28.3 Å². The SMILES string of the molecule is O=C(COC(=O)c1cn(-c2ccccc2)nc1-c1cccs1)Nc1c(F)cccc1F. The van der Waals surface area contributed by atoms with Gasteiger partial charge in [-0.1, -0.05) is 30.3 Å². The van der Waals surface area contributed by atoms with E-state index in [1.165, 1.54) is 23.6 Å². The van der Waals surface area contributed by atoms with Gasteiger partial charge in [0.1, 0.15) is 28.6 Å². The molecule has 4 rings (SSSR count). The zero-order chi connectivity index (χ0) is 21.8. The summed E-state index contributed by atoms with van der Waals surface area (Å²) in [6.45, 7) is -0.715. The van der Waals surface area contributed by atoms with E-state index in [0.717, 1.165) is 22.7 Å². The van der Waals surface area contributed by atoms with E-state index in [9.17, 15) is 18.4 Å². The van der Waals surface area contributed by atoms with Crippen molar-refractivity contribution in [1.82, 2.24) is 9.78 Å². The highest BCUT2D eigenvalue weighted by Gasteiger charge is 2.22. The maximum atomic E-state index is 13.7. The first-order valence-corrected chi connectivity index (χ1v) is 10.0. The molecular formula is C22H15F2N3O3S. The van der Waals surface area contributed by atoms with E-state index in [4.69, 9.17) is 4.74 Å². The number of esters is 1. The molecule has 0 bridgehead atoms. The van der Waals surface area contributed by atoms with Crippen LogP contribution < -0.4 is 5.32 Å². The van der Waals surface area contributed by atoms with Crippen molar-refractivity contribution in [1.29, 1.82) is 0 Å². The Morgan fingerprint density at radius 2 is 1.74 bits per heavy atom. The highest BCUT2D eigenvalue weighted by Crippen LogP contribution is 2.28. The van der Waals surface area contributed by atoms with Crippen LogP contribution in [-0.2, 0) is 9.53 Å². The van der Waals surface area contributed by atoms with E-state index < -0.39 is 35.8 Å². The van der Waals surface area contributed by atoms with Crippen molar-refractivity contribution in [3.05, 3.63) is 89.4 Å². The zero-order valence-corrected chi connectivity index (χ0v) is 16.7. The third-order valence-corrected chi connectivity index (χ3v) is 5.15. The Kier molecular flexibility index (Phi) is 5.85. The summed E-state index contributed by atoms with van der Waals surface area (Å²) in [5.74, 6) is -3.51. The molecule has 4 aromatic rings. The van der Waals surface area contributed by atoms with E-state index >= 15 is 0 Å². The summed E-state index contributed by atoms with van der Waals surface area (Å²) < 4.78 is 34.0. The van der Waals surface area contributed by atoms with Crippen LogP contribution in [0.4, 0.5) is 14.5 Å². The Balaban J connectivity index is 1.53. The lowest BCUT2D eigenvalue weighted by molar-refractivity contribution is -0.119. The average Bonchev–Trinajstić information content (AvgIpc) is 3.45. The minimum Gasteiger partial charge on any atom is -0.452 e. The fourth-order valence-corrected chi connectivity index (χ4v) is 3.56. The number of carbonyl (C=O) groups is 2. The molecule has 0 atom stereocenters. The lowest BCUT2D eigenvalue weighted by atomic mass is 10.2. The molecule has 0 aliphatic rings. The summed E-state index contributed by atoms with van der Waals surface area (Å²) in [5.41, 5.74) is 0.715. The van der Waals surface area contributed by atoms with Gasteiger partial charge in [0.2, 0.25) is 0 Å². The van der Waals surface area contributed by atoms with Crippen LogP contribution in [0.1, 0.15) is 10.4 Å². The van der Waals surface area contributed by atoms with Crippen LogP contribution in [0.2, 0.25) is 0 Å². The second kappa shape index (κ2) is 8.88. The number of thiophene rings is 1. The molecular weight excluding hydrogens is 424 g/mol. The van der Waals surface area contributed by atoms with Gasteiger partial charge in [0.15, 0.2) is 6.61 Å². The summed E-state index contributed by atoms with van der Waals surface area (Å²) in [5, 5.41) is 8.41. The highest BCUT2D eigenvalue weighted by atomic mass is 32.1. The number of anilines is 1. The molecule has 0 aliphatic carbocycles. The van der Waals surface area contributed by atoms with Gasteiger partial charge in [-0.3, -0.25) is 4.79 Å². The first-order valence-electron chi connectivity index (χ1n) is 9.13. The maximum absolute atomic E-state index is 13.7. The largest absolute Gasteiger partial charge is 0.452 e. The number of halogens is 2. The van der Waals surface area contributed by atoms with Crippen molar-refractivity contribution >= 4 is 28.9 Å². The number of rotatable bonds is 6. The Hall–Kier alpha value is -3.85.